The summed E-state index contributed by atoms with van der Waals surface area (Å²) >= 11 is 1.09. The molecule has 1 aromatic carbocycles. The van der Waals surface area contributed by atoms with Crippen LogP contribution in [0, 0.1) is 11.6 Å². The zero-order chi connectivity index (χ0) is 22.7. The van der Waals surface area contributed by atoms with Crippen LogP contribution in [-0.2, 0) is 9.59 Å². The van der Waals surface area contributed by atoms with Gasteiger partial charge in [0, 0.05) is 44.7 Å². The molecule has 1 N–H and O–H groups in total. The lowest BCUT2D eigenvalue weighted by Crippen LogP contribution is -2.41. The number of halogens is 2. The quantitative estimate of drug-likeness (QED) is 0.713. The fraction of sp³-hybridized carbons (Fsp3) is 0.250. The van der Waals surface area contributed by atoms with E-state index in [0.717, 1.165) is 34.4 Å². The van der Waals surface area contributed by atoms with Gasteiger partial charge in [-0.2, -0.15) is 0 Å². The van der Waals surface area contributed by atoms with Gasteiger partial charge >= 0.3 is 6.03 Å². The number of aromatic nitrogens is 1. The van der Waals surface area contributed by atoms with Crippen LogP contribution >= 0.6 is 11.3 Å². The summed E-state index contributed by atoms with van der Waals surface area (Å²) in [6.45, 7) is 0.199. The first-order valence-electron chi connectivity index (χ1n) is 9.10. The highest BCUT2D eigenvalue weighted by Gasteiger charge is 2.29. The normalized spacial score (nSPS) is 15.1. The van der Waals surface area contributed by atoms with E-state index in [4.69, 9.17) is 0 Å². The van der Waals surface area contributed by atoms with Crippen molar-refractivity contribution in [1.29, 1.82) is 0 Å². The Morgan fingerprint density at radius 2 is 1.90 bits per heavy atom. The van der Waals surface area contributed by atoms with Gasteiger partial charge in [0.05, 0.1) is 23.4 Å². The van der Waals surface area contributed by atoms with E-state index in [1.165, 1.54) is 19.0 Å². The Balaban J connectivity index is 1.72. The minimum Gasteiger partial charge on any atom is -0.324 e. The third-order valence-electron chi connectivity index (χ3n) is 4.54. The zero-order valence-electron chi connectivity index (χ0n) is 17.0. The standard InChI is InChI=1S/C20H19F2N5O3S/c1-23-15(14-4-5-26(2)20(30)27(3)18(14)29)9-17(28)25-19-24-16(10-31-19)11-6-12(21)8-13(22)7-11/h4,6-8,10H,5,9H2,1-3H3,(H,24,25,28). The second kappa shape index (κ2) is 9.13. The smallest absolute Gasteiger partial charge is 0.324 e. The molecule has 1 aliphatic heterocycles. The predicted molar refractivity (Wildman–Crippen MR) is 113 cm³/mol. The molecule has 0 unspecified atom stereocenters. The maximum atomic E-state index is 13.4. The lowest BCUT2D eigenvalue weighted by atomic mass is 10.1. The van der Waals surface area contributed by atoms with Crippen molar-refractivity contribution in [1.82, 2.24) is 14.8 Å². The van der Waals surface area contributed by atoms with Crippen LogP contribution in [0.15, 0.2) is 40.2 Å². The largest absolute Gasteiger partial charge is 0.326 e. The van der Waals surface area contributed by atoms with E-state index >= 15 is 0 Å². The molecule has 162 valence electrons. The Morgan fingerprint density at radius 1 is 1.23 bits per heavy atom. The summed E-state index contributed by atoms with van der Waals surface area (Å²) < 4.78 is 26.8. The molecule has 4 amide bonds. The summed E-state index contributed by atoms with van der Waals surface area (Å²) in [5.74, 6) is -2.49. The summed E-state index contributed by atoms with van der Waals surface area (Å²) in [7, 11) is 4.37. The SMILES string of the molecule is CN=C(CC(=O)Nc1nc(-c2cc(F)cc(F)c2)cs1)C1=CCN(C)C(=O)N(C)C1=O. The Morgan fingerprint density at radius 3 is 2.55 bits per heavy atom. The summed E-state index contributed by atoms with van der Waals surface area (Å²) in [6, 6.07) is 2.59. The molecule has 2 heterocycles. The van der Waals surface area contributed by atoms with Gasteiger partial charge in [-0.25, -0.2) is 18.6 Å². The number of likely N-dealkylation sites (N-methyl/N-ethyl adjacent to an activating group) is 2. The first kappa shape index (κ1) is 22.2. The number of urea groups is 1. The number of nitrogens with zero attached hydrogens (tertiary/aromatic N) is 4. The van der Waals surface area contributed by atoms with Crippen LogP contribution in [-0.4, -0.2) is 66.0 Å². The predicted octanol–water partition coefficient (Wildman–Crippen LogP) is 2.94. The van der Waals surface area contributed by atoms with Gasteiger partial charge in [-0.3, -0.25) is 19.5 Å². The number of carbonyl (C=O) groups is 3. The van der Waals surface area contributed by atoms with Crippen LogP contribution < -0.4 is 5.32 Å². The summed E-state index contributed by atoms with van der Waals surface area (Å²) in [5, 5.41) is 4.39. The number of hydrogen-bond donors (Lipinski definition) is 1. The molecule has 1 aromatic heterocycles. The van der Waals surface area contributed by atoms with Crippen LogP contribution in [0.3, 0.4) is 0 Å². The number of aliphatic imine (C=N–C) groups is 1. The van der Waals surface area contributed by atoms with Crippen molar-refractivity contribution >= 4 is 40.0 Å². The summed E-state index contributed by atoms with van der Waals surface area (Å²) in [4.78, 5) is 47.7. The topological polar surface area (TPSA) is 95.0 Å². The van der Waals surface area contributed by atoms with Crippen molar-refractivity contribution in [3.05, 3.63) is 46.9 Å². The van der Waals surface area contributed by atoms with E-state index in [2.05, 4.69) is 15.3 Å². The Bertz CT molecular complexity index is 1090. The molecule has 3 rings (SSSR count). The van der Waals surface area contributed by atoms with E-state index in [9.17, 15) is 23.2 Å². The number of carbonyl (C=O) groups excluding carboxylic acids is 3. The van der Waals surface area contributed by atoms with E-state index in [1.54, 1.807) is 18.5 Å². The molecule has 2 aromatic rings. The number of nitrogens with one attached hydrogen (secondary N) is 1. The molecule has 0 radical (unpaired) electrons. The van der Waals surface area contributed by atoms with Gasteiger partial charge in [0.2, 0.25) is 5.91 Å². The van der Waals surface area contributed by atoms with Gasteiger partial charge in [0.25, 0.3) is 5.91 Å². The number of amides is 4. The molecule has 0 saturated heterocycles. The minimum absolute atomic E-state index is 0.174. The van der Waals surface area contributed by atoms with Crippen LogP contribution in [0.2, 0.25) is 0 Å². The number of rotatable bonds is 5. The average molecular weight is 447 g/mol. The van der Waals surface area contributed by atoms with Crippen LogP contribution in [0.4, 0.5) is 18.7 Å². The third kappa shape index (κ3) is 5.00. The molecule has 31 heavy (non-hydrogen) atoms. The molecular formula is C20H19F2N5O3S. The summed E-state index contributed by atoms with van der Waals surface area (Å²) in [6.07, 6.45) is 1.34. The number of imide groups is 1. The van der Waals surface area contributed by atoms with Gasteiger partial charge < -0.3 is 10.2 Å². The van der Waals surface area contributed by atoms with Crippen molar-refractivity contribution in [3.8, 4) is 11.3 Å². The second-order valence-corrected chi connectivity index (χ2v) is 7.59. The van der Waals surface area contributed by atoms with Gasteiger partial charge in [0.1, 0.15) is 11.6 Å². The van der Waals surface area contributed by atoms with Crippen molar-refractivity contribution in [3.63, 3.8) is 0 Å². The zero-order valence-corrected chi connectivity index (χ0v) is 17.8. The van der Waals surface area contributed by atoms with Crippen molar-refractivity contribution in [2.45, 2.75) is 6.42 Å². The minimum atomic E-state index is -0.729. The molecule has 0 saturated carbocycles. The molecule has 0 atom stereocenters. The molecule has 0 bridgehead atoms. The fourth-order valence-electron chi connectivity index (χ4n) is 2.93. The highest BCUT2D eigenvalue weighted by Crippen LogP contribution is 2.26. The number of hydrogen-bond acceptors (Lipinski definition) is 6. The van der Waals surface area contributed by atoms with Crippen molar-refractivity contribution in [2.75, 3.05) is 33.0 Å². The van der Waals surface area contributed by atoms with Gasteiger partial charge in [-0.15, -0.1) is 11.3 Å². The molecule has 0 fully saturated rings. The third-order valence-corrected chi connectivity index (χ3v) is 5.29. The van der Waals surface area contributed by atoms with E-state index in [0.29, 0.717) is 5.69 Å². The van der Waals surface area contributed by atoms with E-state index < -0.39 is 29.5 Å². The van der Waals surface area contributed by atoms with Crippen molar-refractivity contribution < 1.29 is 23.2 Å². The maximum absolute atomic E-state index is 13.4. The summed E-state index contributed by atoms with van der Waals surface area (Å²) in [5.41, 5.74) is 0.957. The second-order valence-electron chi connectivity index (χ2n) is 6.74. The van der Waals surface area contributed by atoms with Gasteiger partial charge in [0.15, 0.2) is 5.13 Å². The molecule has 8 nitrogen and oxygen atoms in total. The van der Waals surface area contributed by atoms with E-state index in [-0.39, 0.29) is 34.9 Å². The van der Waals surface area contributed by atoms with E-state index in [1.807, 2.05) is 0 Å². The molecule has 0 spiro atoms. The Kier molecular flexibility index (Phi) is 6.54. The number of thiazole rings is 1. The Hall–Kier alpha value is -3.47. The van der Waals surface area contributed by atoms with Crippen LogP contribution in [0.5, 0.6) is 0 Å². The lowest BCUT2D eigenvalue weighted by molar-refractivity contribution is -0.123. The first-order valence-corrected chi connectivity index (χ1v) is 9.98. The maximum Gasteiger partial charge on any atom is 0.326 e. The van der Waals surface area contributed by atoms with Crippen LogP contribution in [0.25, 0.3) is 11.3 Å². The molecular weight excluding hydrogens is 428 g/mol. The number of benzene rings is 1. The van der Waals surface area contributed by atoms with Gasteiger partial charge in [-0.05, 0) is 12.1 Å². The van der Waals surface area contributed by atoms with Crippen molar-refractivity contribution in [2.24, 2.45) is 4.99 Å². The van der Waals surface area contributed by atoms with Gasteiger partial charge in [-0.1, -0.05) is 6.08 Å². The first-order chi connectivity index (χ1) is 14.7. The lowest BCUT2D eigenvalue weighted by Gasteiger charge is -2.19. The number of anilines is 1. The Labute approximate surface area is 180 Å². The average Bonchev–Trinajstić information content (AvgIpc) is 3.15. The highest BCUT2D eigenvalue weighted by molar-refractivity contribution is 7.14. The van der Waals surface area contributed by atoms with Crippen LogP contribution in [0.1, 0.15) is 6.42 Å². The molecule has 11 heteroatoms. The molecule has 0 aliphatic carbocycles. The monoisotopic (exact) mass is 447 g/mol. The highest BCUT2D eigenvalue weighted by atomic mass is 32.1. The fourth-order valence-corrected chi connectivity index (χ4v) is 3.67. The molecule has 1 aliphatic rings.